The van der Waals surface area contributed by atoms with Gasteiger partial charge in [-0.1, -0.05) is 18.2 Å². The number of nitrogens with zero attached hydrogens (tertiary/aromatic N) is 1. The molecule has 2 rings (SSSR count). The zero-order valence-electron chi connectivity index (χ0n) is 9.79. The molecule has 4 nitrogen and oxygen atoms in total. The SMILES string of the molecule is COc1cccc(/C=N\NC(=O)c2cccs2)c1. The van der Waals surface area contributed by atoms with E-state index in [0.717, 1.165) is 11.3 Å². The highest BCUT2D eigenvalue weighted by Gasteiger charge is 2.03. The van der Waals surface area contributed by atoms with E-state index in [4.69, 9.17) is 4.74 Å². The number of ether oxygens (including phenoxy) is 1. The summed E-state index contributed by atoms with van der Waals surface area (Å²) in [6.07, 6.45) is 1.58. The molecular weight excluding hydrogens is 248 g/mol. The maximum Gasteiger partial charge on any atom is 0.281 e. The van der Waals surface area contributed by atoms with Gasteiger partial charge in [-0.15, -0.1) is 11.3 Å². The van der Waals surface area contributed by atoms with Gasteiger partial charge >= 0.3 is 0 Å². The first-order chi connectivity index (χ1) is 8.79. The molecule has 92 valence electrons. The molecule has 5 heteroatoms. The molecule has 1 N–H and O–H groups in total. The van der Waals surface area contributed by atoms with E-state index < -0.39 is 0 Å². The number of amides is 1. The average Bonchev–Trinajstić information content (AvgIpc) is 2.93. The maximum absolute atomic E-state index is 11.6. The van der Waals surface area contributed by atoms with Crippen LogP contribution in [0, 0.1) is 0 Å². The monoisotopic (exact) mass is 260 g/mol. The van der Waals surface area contributed by atoms with Gasteiger partial charge in [-0.3, -0.25) is 4.79 Å². The molecule has 0 unspecified atom stereocenters. The van der Waals surface area contributed by atoms with Crippen LogP contribution in [0.4, 0.5) is 0 Å². The molecule has 0 spiro atoms. The van der Waals surface area contributed by atoms with Crippen LogP contribution in [0.2, 0.25) is 0 Å². The van der Waals surface area contributed by atoms with Crippen molar-refractivity contribution in [1.82, 2.24) is 5.43 Å². The fraction of sp³-hybridized carbons (Fsp3) is 0.0769. The Bertz CT molecular complexity index is 550. The molecule has 0 aliphatic carbocycles. The highest BCUT2D eigenvalue weighted by atomic mass is 32.1. The van der Waals surface area contributed by atoms with E-state index in [-0.39, 0.29) is 5.91 Å². The summed E-state index contributed by atoms with van der Waals surface area (Å²) < 4.78 is 5.09. The van der Waals surface area contributed by atoms with E-state index in [9.17, 15) is 4.79 Å². The van der Waals surface area contributed by atoms with Crippen LogP contribution >= 0.6 is 11.3 Å². The van der Waals surface area contributed by atoms with E-state index in [2.05, 4.69) is 10.5 Å². The Kier molecular flexibility index (Phi) is 4.09. The zero-order chi connectivity index (χ0) is 12.8. The Labute approximate surface area is 109 Å². The second-order valence-corrected chi connectivity index (χ2v) is 4.40. The lowest BCUT2D eigenvalue weighted by molar-refractivity contribution is 0.0959. The quantitative estimate of drug-likeness (QED) is 0.678. The van der Waals surface area contributed by atoms with Gasteiger partial charge in [-0.05, 0) is 29.1 Å². The molecule has 0 atom stereocenters. The molecule has 1 amide bonds. The average molecular weight is 260 g/mol. The molecular formula is C13H12N2O2S. The van der Waals surface area contributed by atoms with Gasteiger partial charge in [0.05, 0.1) is 18.2 Å². The Morgan fingerprint density at radius 2 is 2.28 bits per heavy atom. The van der Waals surface area contributed by atoms with Gasteiger partial charge in [0.1, 0.15) is 5.75 Å². The smallest absolute Gasteiger partial charge is 0.281 e. The van der Waals surface area contributed by atoms with Crippen LogP contribution in [0.1, 0.15) is 15.2 Å². The van der Waals surface area contributed by atoms with Gasteiger partial charge in [0.25, 0.3) is 5.91 Å². The Morgan fingerprint density at radius 1 is 1.39 bits per heavy atom. The lowest BCUT2D eigenvalue weighted by atomic mass is 10.2. The minimum absolute atomic E-state index is 0.204. The Balaban J connectivity index is 1.97. The summed E-state index contributed by atoms with van der Waals surface area (Å²) in [5.41, 5.74) is 3.33. The standard InChI is InChI=1S/C13H12N2O2S/c1-17-11-5-2-4-10(8-11)9-14-15-13(16)12-6-3-7-18-12/h2-9H,1H3,(H,15,16)/b14-9-. The molecule has 0 bridgehead atoms. The van der Waals surface area contributed by atoms with Gasteiger partial charge in [-0.2, -0.15) is 5.10 Å². The van der Waals surface area contributed by atoms with Gasteiger partial charge in [0, 0.05) is 0 Å². The highest BCUT2D eigenvalue weighted by molar-refractivity contribution is 7.12. The lowest BCUT2D eigenvalue weighted by Gasteiger charge is -2.00. The summed E-state index contributed by atoms with van der Waals surface area (Å²) >= 11 is 1.38. The fourth-order valence-electron chi connectivity index (χ4n) is 1.35. The largest absolute Gasteiger partial charge is 0.497 e. The summed E-state index contributed by atoms with van der Waals surface area (Å²) in [5.74, 6) is 0.549. The summed E-state index contributed by atoms with van der Waals surface area (Å²) in [4.78, 5) is 12.2. The summed E-state index contributed by atoms with van der Waals surface area (Å²) in [6.45, 7) is 0. The summed E-state index contributed by atoms with van der Waals surface area (Å²) in [5, 5.41) is 5.75. The topological polar surface area (TPSA) is 50.7 Å². The lowest BCUT2D eigenvalue weighted by Crippen LogP contribution is -2.16. The van der Waals surface area contributed by atoms with Crippen molar-refractivity contribution < 1.29 is 9.53 Å². The van der Waals surface area contributed by atoms with Crippen molar-refractivity contribution in [1.29, 1.82) is 0 Å². The van der Waals surface area contributed by atoms with E-state index in [1.54, 1.807) is 19.4 Å². The number of methoxy groups -OCH3 is 1. The number of hydrogen-bond acceptors (Lipinski definition) is 4. The Hall–Kier alpha value is -2.14. The van der Waals surface area contributed by atoms with Crippen molar-refractivity contribution in [3.05, 3.63) is 52.2 Å². The molecule has 1 aromatic carbocycles. The summed E-state index contributed by atoms with van der Waals surface area (Å²) in [7, 11) is 1.61. The van der Waals surface area contributed by atoms with Crippen molar-refractivity contribution in [3.8, 4) is 5.75 Å². The number of hydrogen-bond donors (Lipinski definition) is 1. The minimum atomic E-state index is -0.204. The van der Waals surface area contributed by atoms with Crippen LogP contribution in [0.25, 0.3) is 0 Å². The molecule has 18 heavy (non-hydrogen) atoms. The molecule has 0 fully saturated rings. The van der Waals surface area contributed by atoms with Crippen molar-refractivity contribution in [2.75, 3.05) is 7.11 Å². The minimum Gasteiger partial charge on any atom is -0.497 e. The van der Waals surface area contributed by atoms with Crippen molar-refractivity contribution in [3.63, 3.8) is 0 Å². The normalized spacial score (nSPS) is 10.5. The molecule has 1 aromatic heterocycles. The van der Waals surface area contributed by atoms with Crippen molar-refractivity contribution in [2.45, 2.75) is 0 Å². The first-order valence-corrected chi connectivity index (χ1v) is 6.18. The third-order valence-electron chi connectivity index (χ3n) is 2.22. The molecule has 2 aromatic rings. The predicted octanol–water partition coefficient (Wildman–Crippen LogP) is 2.52. The number of benzene rings is 1. The number of thiophene rings is 1. The molecule has 0 aliphatic rings. The van der Waals surface area contributed by atoms with E-state index in [1.807, 2.05) is 35.7 Å². The van der Waals surface area contributed by atoms with Gasteiger partial charge < -0.3 is 4.74 Å². The maximum atomic E-state index is 11.6. The highest BCUT2D eigenvalue weighted by Crippen LogP contribution is 2.11. The third-order valence-corrected chi connectivity index (χ3v) is 3.09. The van der Waals surface area contributed by atoms with Gasteiger partial charge in [-0.25, -0.2) is 5.43 Å². The molecule has 0 aliphatic heterocycles. The molecule has 0 saturated heterocycles. The number of hydrazone groups is 1. The zero-order valence-corrected chi connectivity index (χ0v) is 10.6. The number of carbonyl (C=O) groups excluding carboxylic acids is 1. The second kappa shape index (κ2) is 5.97. The van der Waals surface area contributed by atoms with E-state index in [0.29, 0.717) is 4.88 Å². The fourth-order valence-corrected chi connectivity index (χ4v) is 1.96. The number of carbonyl (C=O) groups is 1. The number of rotatable bonds is 4. The van der Waals surface area contributed by atoms with Crippen molar-refractivity contribution >= 4 is 23.5 Å². The van der Waals surface area contributed by atoms with Crippen LogP contribution in [0.15, 0.2) is 46.9 Å². The van der Waals surface area contributed by atoms with Crippen LogP contribution in [0.5, 0.6) is 5.75 Å². The molecule has 1 heterocycles. The first-order valence-electron chi connectivity index (χ1n) is 5.30. The molecule has 0 radical (unpaired) electrons. The van der Waals surface area contributed by atoms with Gasteiger partial charge in [0.15, 0.2) is 0 Å². The first kappa shape index (κ1) is 12.3. The second-order valence-electron chi connectivity index (χ2n) is 3.45. The van der Waals surface area contributed by atoms with Crippen LogP contribution in [0.3, 0.4) is 0 Å². The van der Waals surface area contributed by atoms with Crippen molar-refractivity contribution in [2.24, 2.45) is 5.10 Å². The van der Waals surface area contributed by atoms with E-state index in [1.165, 1.54) is 11.3 Å². The van der Waals surface area contributed by atoms with Crippen LogP contribution < -0.4 is 10.2 Å². The molecule has 0 saturated carbocycles. The van der Waals surface area contributed by atoms with E-state index >= 15 is 0 Å². The predicted molar refractivity (Wildman–Crippen MR) is 72.4 cm³/mol. The van der Waals surface area contributed by atoms with Gasteiger partial charge in [0.2, 0.25) is 0 Å². The third kappa shape index (κ3) is 3.18. The number of nitrogens with one attached hydrogen (secondary N) is 1. The van der Waals surface area contributed by atoms with Crippen LogP contribution in [-0.2, 0) is 0 Å². The summed E-state index contributed by atoms with van der Waals surface area (Å²) in [6, 6.07) is 11.0. The van der Waals surface area contributed by atoms with Crippen LogP contribution in [-0.4, -0.2) is 19.2 Å². The Morgan fingerprint density at radius 3 is 3.00 bits per heavy atom.